The Morgan fingerprint density at radius 1 is 1.43 bits per heavy atom. The van der Waals surface area contributed by atoms with Crippen molar-refractivity contribution >= 4 is 11.1 Å². The van der Waals surface area contributed by atoms with E-state index in [0.29, 0.717) is 0 Å². The molecule has 0 bridgehead atoms. The summed E-state index contributed by atoms with van der Waals surface area (Å²) >= 11 is -1.86. The van der Waals surface area contributed by atoms with Crippen molar-refractivity contribution in [2.75, 3.05) is 6.26 Å². The van der Waals surface area contributed by atoms with Gasteiger partial charge in [-0.2, -0.15) is 0 Å². The molecule has 0 heterocycles. The summed E-state index contributed by atoms with van der Waals surface area (Å²) in [6.07, 6.45) is 1.08. The van der Waals surface area contributed by atoms with E-state index in [0.717, 1.165) is 6.26 Å². The van der Waals surface area contributed by atoms with Crippen LogP contribution in [0.1, 0.15) is 0 Å². The van der Waals surface area contributed by atoms with Gasteiger partial charge in [0.15, 0.2) is 0 Å². The van der Waals surface area contributed by atoms with Gasteiger partial charge in [-0.05, 0) is 6.26 Å². The van der Waals surface area contributed by atoms with Gasteiger partial charge in [-0.25, -0.2) is 0 Å². The standard InChI is InChI=1S/CH4O2S.Na.2H2O/c1-4(2)3;;;/h1H3,(H,2,3);;2*1H2/q;+1;;/p-1. The maximum Gasteiger partial charge on any atom is 1.00 e. The molecule has 0 fully saturated rings. The van der Waals surface area contributed by atoms with Crippen LogP contribution in [0.3, 0.4) is 0 Å². The van der Waals surface area contributed by atoms with E-state index in [4.69, 9.17) is 8.76 Å². The largest absolute Gasteiger partial charge is 1.00 e. The molecule has 0 aromatic carbocycles. The monoisotopic (exact) mass is 138 g/mol. The van der Waals surface area contributed by atoms with Crippen LogP contribution in [0.25, 0.3) is 0 Å². The Bertz CT molecular complexity index is 34.7. The molecule has 4 N–H and O–H groups in total. The SMILES string of the molecule is CS(=O)[O-].O.O.[Na+]. The zero-order valence-electron chi connectivity index (χ0n) is 4.22. The van der Waals surface area contributed by atoms with Gasteiger partial charge in [0.05, 0.1) is 0 Å². The molecule has 0 radical (unpaired) electrons. The molecule has 0 aromatic rings. The van der Waals surface area contributed by atoms with E-state index in [9.17, 15) is 0 Å². The van der Waals surface area contributed by atoms with Crippen LogP contribution in [0, 0.1) is 0 Å². The molecule has 6 heteroatoms. The first-order chi connectivity index (χ1) is 1.73. The van der Waals surface area contributed by atoms with Gasteiger partial charge in [0.2, 0.25) is 0 Å². The molecule has 42 valence electrons. The van der Waals surface area contributed by atoms with Crippen molar-refractivity contribution in [3.8, 4) is 0 Å². The topological polar surface area (TPSA) is 103 Å². The summed E-state index contributed by atoms with van der Waals surface area (Å²) in [5.74, 6) is 0. The second kappa shape index (κ2) is 15.7. The van der Waals surface area contributed by atoms with Gasteiger partial charge in [0.25, 0.3) is 0 Å². The third kappa shape index (κ3) is 168. The molecule has 0 aromatic heterocycles. The Balaban J connectivity index is -0.0000000150. The van der Waals surface area contributed by atoms with Gasteiger partial charge in [0, 0.05) is 0 Å². The van der Waals surface area contributed by atoms with Crippen molar-refractivity contribution in [1.29, 1.82) is 0 Å². The van der Waals surface area contributed by atoms with Gasteiger partial charge < -0.3 is 15.5 Å². The van der Waals surface area contributed by atoms with Gasteiger partial charge in [-0.1, -0.05) is 11.1 Å². The molecule has 1 atom stereocenters. The average Bonchev–Trinajstić information content (AvgIpc) is 0.811. The smallest absolute Gasteiger partial charge is 0.773 e. The van der Waals surface area contributed by atoms with Gasteiger partial charge in [0.1, 0.15) is 0 Å². The summed E-state index contributed by atoms with van der Waals surface area (Å²) in [6.45, 7) is 0. The molecule has 0 aliphatic rings. The summed E-state index contributed by atoms with van der Waals surface area (Å²) < 4.78 is 18.0. The molecule has 1 unspecified atom stereocenters. The Kier molecular flexibility index (Phi) is 54.9. The predicted molar refractivity (Wildman–Crippen MR) is 22.1 cm³/mol. The number of hydrogen-bond donors (Lipinski definition) is 0. The molecule has 0 spiro atoms. The first-order valence-corrected chi connectivity index (χ1v) is 2.22. The Morgan fingerprint density at radius 2 is 1.43 bits per heavy atom. The fourth-order valence-electron chi connectivity index (χ4n) is 0. The van der Waals surface area contributed by atoms with E-state index < -0.39 is 11.1 Å². The fourth-order valence-corrected chi connectivity index (χ4v) is 0. The Hall–Kier alpha value is 1.03. The van der Waals surface area contributed by atoms with E-state index in [1.807, 2.05) is 0 Å². The van der Waals surface area contributed by atoms with Crippen molar-refractivity contribution in [3.05, 3.63) is 0 Å². The molecule has 0 saturated carbocycles. The van der Waals surface area contributed by atoms with E-state index >= 15 is 0 Å². The van der Waals surface area contributed by atoms with Crippen molar-refractivity contribution in [1.82, 2.24) is 0 Å². The molecule has 0 rings (SSSR count). The summed E-state index contributed by atoms with van der Waals surface area (Å²) in [5, 5.41) is 0. The first-order valence-electron chi connectivity index (χ1n) is 0.742. The van der Waals surface area contributed by atoms with E-state index in [1.165, 1.54) is 0 Å². The zero-order chi connectivity index (χ0) is 3.58. The van der Waals surface area contributed by atoms with Crippen molar-refractivity contribution in [3.63, 3.8) is 0 Å². The van der Waals surface area contributed by atoms with Gasteiger partial charge in [-0.3, -0.25) is 4.21 Å². The maximum atomic E-state index is 9.00. The van der Waals surface area contributed by atoms with Crippen LogP contribution in [0.5, 0.6) is 0 Å². The minimum Gasteiger partial charge on any atom is -0.773 e. The van der Waals surface area contributed by atoms with Crippen molar-refractivity contribution in [2.24, 2.45) is 0 Å². The van der Waals surface area contributed by atoms with Crippen LogP contribution in [0.4, 0.5) is 0 Å². The van der Waals surface area contributed by atoms with Gasteiger partial charge >= 0.3 is 29.6 Å². The second-order valence-electron chi connectivity index (χ2n) is 0.401. The maximum absolute atomic E-state index is 9.00. The van der Waals surface area contributed by atoms with E-state index in [2.05, 4.69) is 0 Å². The molecular weight excluding hydrogens is 131 g/mol. The van der Waals surface area contributed by atoms with E-state index in [1.54, 1.807) is 0 Å². The van der Waals surface area contributed by atoms with Crippen molar-refractivity contribution in [2.45, 2.75) is 0 Å². The van der Waals surface area contributed by atoms with Crippen LogP contribution in [0.2, 0.25) is 0 Å². The first kappa shape index (κ1) is 24.4. The minimum atomic E-state index is -1.86. The number of hydrogen-bond acceptors (Lipinski definition) is 2. The average molecular weight is 138 g/mol. The normalized spacial score (nSPS) is 8.86. The zero-order valence-corrected chi connectivity index (χ0v) is 7.04. The molecule has 0 saturated heterocycles. The van der Waals surface area contributed by atoms with Crippen LogP contribution < -0.4 is 29.6 Å². The molecule has 0 amide bonds. The van der Waals surface area contributed by atoms with Crippen LogP contribution in [-0.4, -0.2) is 26.0 Å². The van der Waals surface area contributed by atoms with Crippen LogP contribution in [0.15, 0.2) is 0 Å². The Labute approximate surface area is 66.5 Å². The van der Waals surface area contributed by atoms with Crippen LogP contribution >= 0.6 is 0 Å². The number of rotatable bonds is 0. The Morgan fingerprint density at radius 3 is 1.43 bits per heavy atom. The summed E-state index contributed by atoms with van der Waals surface area (Å²) in [6, 6.07) is 0. The quantitative estimate of drug-likeness (QED) is 0.247. The van der Waals surface area contributed by atoms with E-state index in [-0.39, 0.29) is 40.5 Å². The fraction of sp³-hybridized carbons (Fsp3) is 1.00. The molecule has 4 nitrogen and oxygen atoms in total. The summed E-state index contributed by atoms with van der Waals surface area (Å²) in [7, 11) is 0. The second-order valence-corrected chi connectivity index (χ2v) is 1.20. The summed E-state index contributed by atoms with van der Waals surface area (Å²) in [5.41, 5.74) is 0. The predicted octanol–water partition coefficient (Wildman–Crippen LogP) is -5.15. The molecular formula is CH7NaO4S. The summed E-state index contributed by atoms with van der Waals surface area (Å²) in [4.78, 5) is 0. The third-order valence-electron chi connectivity index (χ3n) is 0. The van der Waals surface area contributed by atoms with Crippen LogP contribution in [-0.2, 0) is 11.1 Å². The van der Waals surface area contributed by atoms with Crippen molar-refractivity contribution < 1.29 is 49.3 Å². The molecule has 0 aliphatic carbocycles. The third-order valence-corrected chi connectivity index (χ3v) is 0. The minimum absolute atomic E-state index is 0. The molecule has 0 aliphatic heterocycles. The van der Waals surface area contributed by atoms with Gasteiger partial charge in [-0.15, -0.1) is 0 Å². The molecule has 7 heavy (non-hydrogen) atoms.